The molecule has 0 unspecified atom stereocenters. The van der Waals surface area contributed by atoms with E-state index in [9.17, 15) is 8.42 Å². The van der Waals surface area contributed by atoms with E-state index in [0.29, 0.717) is 10.6 Å². The van der Waals surface area contributed by atoms with Crippen LogP contribution in [-0.2, 0) is 10.0 Å². The van der Waals surface area contributed by atoms with Gasteiger partial charge in [-0.15, -0.1) is 11.3 Å². The van der Waals surface area contributed by atoms with E-state index in [1.807, 2.05) is 12.1 Å². The Kier molecular flexibility index (Phi) is 4.35. The molecule has 0 amide bonds. The molecule has 2 rings (SSSR count). The highest BCUT2D eigenvalue weighted by Gasteiger charge is 2.19. The molecule has 0 spiro atoms. The van der Waals surface area contributed by atoms with Crippen molar-refractivity contribution in [1.82, 2.24) is 0 Å². The Hall–Kier alpha value is -0.120. The summed E-state index contributed by atoms with van der Waals surface area (Å²) in [6, 6.07) is 8.86. The van der Waals surface area contributed by atoms with Gasteiger partial charge in [-0.2, -0.15) is 0 Å². The van der Waals surface area contributed by atoms with Gasteiger partial charge in [-0.3, -0.25) is 4.72 Å². The van der Waals surface area contributed by atoms with Crippen molar-refractivity contribution in [1.29, 1.82) is 0 Å². The maximum atomic E-state index is 12.2. The minimum absolute atomic E-state index is 0.318. The lowest BCUT2D eigenvalue weighted by Gasteiger charge is -2.07. The molecule has 1 aromatic carbocycles. The fourth-order valence-corrected chi connectivity index (χ4v) is 5.47. The number of anilines is 1. The smallest absolute Gasteiger partial charge is 0.263 e. The fourth-order valence-electron chi connectivity index (χ4n) is 1.46. The van der Waals surface area contributed by atoms with Gasteiger partial charge in [0.2, 0.25) is 0 Å². The Morgan fingerprint density at radius 1 is 1.33 bits per heavy atom. The van der Waals surface area contributed by atoms with Gasteiger partial charge in [0.1, 0.15) is 4.90 Å². The number of benzene rings is 1. The van der Waals surface area contributed by atoms with Crippen molar-refractivity contribution in [3.05, 3.63) is 42.6 Å². The third-order valence-electron chi connectivity index (χ3n) is 2.21. The van der Waals surface area contributed by atoms with Gasteiger partial charge in [-0.25, -0.2) is 8.42 Å². The van der Waals surface area contributed by atoms with E-state index in [1.54, 1.807) is 25.1 Å². The van der Waals surface area contributed by atoms with Gasteiger partial charge in [0.05, 0.1) is 3.79 Å². The van der Waals surface area contributed by atoms with Crippen LogP contribution in [0.15, 0.2) is 39.0 Å². The molecule has 0 radical (unpaired) electrons. The zero-order valence-electron chi connectivity index (χ0n) is 9.28. The van der Waals surface area contributed by atoms with Gasteiger partial charge in [0.15, 0.2) is 0 Å². The molecule has 0 atom stereocenters. The van der Waals surface area contributed by atoms with E-state index in [-0.39, 0.29) is 0 Å². The Morgan fingerprint density at radius 2 is 2.06 bits per heavy atom. The number of sulfonamides is 1. The summed E-state index contributed by atoms with van der Waals surface area (Å²) in [6.07, 6.45) is 0. The number of nitrogens with one attached hydrogen (secondary N) is 1. The van der Waals surface area contributed by atoms with Crippen LogP contribution >= 0.6 is 49.9 Å². The summed E-state index contributed by atoms with van der Waals surface area (Å²) < 4.78 is 28.8. The fraction of sp³-hybridized carbons (Fsp3) is 0.0909. The molecule has 1 N–H and O–H groups in total. The summed E-state index contributed by atoms with van der Waals surface area (Å²) in [4.78, 5) is 1.08. The van der Waals surface area contributed by atoms with E-state index in [0.717, 1.165) is 12.2 Å². The lowest BCUT2D eigenvalue weighted by molar-refractivity contribution is 0.601. The molecule has 0 aliphatic carbocycles. The Bertz CT molecular complexity index is 682. The van der Waals surface area contributed by atoms with Crippen LogP contribution in [0.25, 0.3) is 0 Å². The minimum atomic E-state index is -3.51. The summed E-state index contributed by atoms with van der Waals surface area (Å²) in [5.74, 6) is 0. The molecule has 1 heterocycles. The van der Waals surface area contributed by atoms with Crippen molar-refractivity contribution in [2.45, 2.75) is 11.8 Å². The lowest BCUT2D eigenvalue weighted by atomic mass is 10.3. The average molecular weight is 458 g/mol. The number of hydrogen-bond donors (Lipinski definition) is 1. The number of hydrogen-bond acceptors (Lipinski definition) is 3. The average Bonchev–Trinajstić information content (AvgIpc) is 2.58. The third kappa shape index (κ3) is 3.25. The normalized spacial score (nSPS) is 11.5. The predicted octanol–water partition coefficient (Wildman–Crippen LogP) is 4.22. The molecule has 2 aromatic rings. The Labute approximate surface area is 132 Å². The maximum Gasteiger partial charge on any atom is 0.263 e. The summed E-state index contributed by atoms with van der Waals surface area (Å²) in [5, 5.41) is 0. The molecule has 3 nitrogen and oxygen atoms in total. The number of thiophene rings is 1. The quantitative estimate of drug-likeness (QED) is 0.701. The van der Waals surface area contributed by atoms with Crippen molar-refractivity contribution in [3.8, 4) is 0 Å². The highest BCUT2D eigenvalue weighted by atomic mass is 127. The van der Waals surface area contributed by atoms with Crippen LogP contribution in [0.2, 0.25) is 0 Å². The Balaban J connectivity index is 2.36. The second-order valence-corrected chi connectivity index (χ2v) is 9.12. The zero-order chi connectivity index (χ0) is 13.3. The number of rotatable bonds is 3. The monoisotopic (exact) mass is 457 g/mol. The van der Waals surface area contributed by atoms with Gasteiger partial charge < -0.3 is 0 Å². The Morgan fingerprint density at radius 3 is 2.61 bits per heavy atom. The van der Waals surface area contributed by atoms with Crippen molar-refractivity contribution in [2.75, 3.05) is 4.72 Å². The van der Waals surface area contributed by atoms with Crippen molar-refractivity contribution < 1.29 is 8.42 Å². The number of aryl methyl sites for hydroxylation is 1. The summed E-state index contributed by atoms with van der Waals surface area (Å²) in [5.41, 5.74) is 0.573. The molecule has 7 heteroatoms. The molecule has 96 valence electrons. The highest BCUT2D eigenvalue weighted by molar-refractivity contribution is 14.1. The van der Waals surface area contributed by atoms with Crippen LogP contribution in [0, 0.1) is 10.5 Å². The van der Waals surface area contributed by atoms with Crippen LogP contribution in [0.4, 0.5) is 5.69 Å². The summed E-state index contributed by atoms with van der Waals surface area (Å²) in [7, 11) is -3.51. The minimum Gasteiger partial charge on any atom is -0.280 e. The molecule has 18 heavy (non-hydrogen) atoms. The molecule has 0 fully saturated rings. The van der Waals surface area contributed by atoms with Gasteiger partial charge in [-0.05, 0) is 69.7 Å². The molecule has 0 saturated heterocycles. The van der Waals surface area contributed by atoms with Crippen LogP contribution in [0.1, 0.15) is 4.88 Å². The maximum absolute atomic E-state index is 12.2. The lowest BCUT2D eigenvalue weighted by Crippen LogP contribution is -2.13. The zero-order valence-corrected chi connectivity index (χ0v) is 14.7. The molecular weight excluding hydrogens is 449 g/mol. The largest absolute Gasteiger partial charge is 0.280 e. The van der Waals surface area contributed by atoms with Crippen LogP contribution in [0.5, 0.6) is 0 Å². The van der Waals surface area contributed by atoms with Crippen LogP contribution in [0.3, 0.4) is 0 Å². The van der Waals surface area contributed by atoms with E-state index in [1.165, 1.54) is 11.3 Å². The third-order valence-corrected chi connectivity index (χ3v) is 6.07. The highest BCUT2D eigenvalue weighted by Crippen LogP contribution is 2.30. The summed E-state index contributed by atoms with van der Waals surface area (Å²) in [6.45, 7) is 1.79. The van der Waals surface area contributed by atoms with Crippen molar-refractivity contribution in [2.24, 2.45) is 0 Å². The van der Waals surface area contributed by atoms with E-state index in [2.05, 4.69) is 43.2 Å². The first-order valence-corrected chi connectivity index (χ1v) is 9.10. The molecule has 0 aliphatic rings. The molecule has 0 aliphatic heterocycles. The van der Waals surface area contributed by atoms with Crippen molar-refractivity contribution in [3.63, 3.8) is 0 Å². The first kappa shape index (κ1) is 14.3. The molecule has 0 saturated carbocycles. The SMILES string of the molecule is Cc1sc(Br)cc1S(=O)(=O)Nc1cccc(I)c1. The van der Waals surface area contributed by atoms with E-state index in [4.69, 9.17) is 0 Å². The second-order valence-electron chi connectivity index (χ2n) is 3.59. The predicted molar refractivity (Wildman–Crippen MR) is 86.7 cm³/mol. The molecule has 0 bridgehead atoms. The van der Waals surface area contributed by atoms with E-state index < -0.39 is 10.0 Å². The van der Waals surface area contributed by atoms with Crippen LogP contribution in [-0.4, -0.2) is 8.42 Å². The van der Waals surface area contributed by atoms with Gasteiger partial charge in [0.25, 0.3) is 10.0 Å². The van der Waals surface area contributed by atoms with Gasteiger partial charge in [0, 0.05) is 14.1 Å². The first-order valence-electron chi connectivity index (χ1n) is 4.93. The number of halogens is 2. The second kappa shape index (κ2) is 5.48. The topological polar surface area (TPSA) is 46.2 Å². The van der Waals surface area contributed by atoms with Crippen LogP contribution < -0.4 is 4.72 Å². The standard InChI is InChI=1S/C11H9BrINO2S2/c1-7-10(6-11(12)17-7)18(15,16)14-9-4-2-3-8(13)5-9/h2-6,14H,1H3. The van der Waals surface area contributed by atoms with Gasteiger partial charge >= 0.3 is 0 Å². The first-order chi connectivity index (χ1) is 8.38. The van der Waals surface area contributed by atoms with Gasteiger partial charge in [-0.1, -0.05) is 6.07 Å². The van der Waals surface area contributed by atoms with E-state index >= 15 is 0 Å². The molecular formula is C11H9BrINO2S2. The van der Waals surface area contributed by atoms with Crippen molar-refractivity contribution >= 4 is 65.6 Å². The summed E-state index contributed by atoms with van der Waals surface area (Å²) >= 11 is 6.85. The molecule has 1 aromatic heterocycles.